The maximum Gasteiger partial charge on any atom is 0.280 e. The van der Waals surface area contributed by atoms with Crippen LogP contribution in [0.4, 0.5) is 5.13 Å². The second-order valence-electron chi connectivity index (χ2n) is 7.73. The van der Waals surface area contributed by atoms with Crippen molar-refractivity contribution in [2.24, 2.45) is 0 Å². The first-order valence-corrected chi connectivity index (χ1v) is 11.6. The van der Waals surface area contributed by atoms with Gasteiger partial charge in [0.15, 0.2) is 10.8 Å². The summed E-state index contributed by atoms with van der Waals surface area (Å²) in [6, 6.07) is 5.90. The second-order valence-corrected chi connectivity index (χ2v) is 9.12. The second kappa shape index (κ2) is 9.45. The fourth-order valence-corrected chi connectivity index (χ4v) is 4.87. The molecule has 0 aliphatic carbocycles. The number of benzene rings is 1. The van der Waals surface area contributed by atoms with Crippen molar-refractivity contribution in [2.45, 2.75) is 47.6 Å². The van der Waals surface area contributed by atoms with E-state index in [1.807, 2.05) is 36.7 Å². The normalized spacial score (nSPS) is 11.8. The molecule has 0 spiro atoms. The van der Waals surface area contributed by atoms with Gasteiger partial charge in [0.05, 0.1) is 15.2 Å². The molecule has 0 saturated carbocycles. The van der Waals surface area contributed by atoms with Crippen LogP contribution < -0.4 is 4.90 Å². The van der Waals surface area contributed by atoms with Gasteiger partial charge >= 0.3 is 0 Å². The zero-order valence-electron chi connectivity index (χ0n) is 18.6. The highest BCUT2D eigenvalue weighted by atomic mass is 35.5. The highest BCUT2D eigenvalue weighted by Gasteiger charge is 2.25. The highest BCUT2D eigenvalue weighted by molar-refractivity contribution is 7.23. The van der Waals surface area contributed by atoms with Crippen molar-refractivity contribution in [2.75, 3.05) is 31.1 Å². The Kier molecular flexibility index (Phi) is 7.16. The van der Waals surface area contributed by atoms with E-state index < -0.39 is 0 Å². The fraction of sp³-hybridized carbons (Fsp3) is 0.500. The topological polar surface area (TPSA) is 54.3 Å². The molecule has 3 rings (SSSR count). The van der Waals surface area contributed by atoms with E-state index in [2.05, 4.69) is 37.7 Å². The van der Waals surface area contributed by atoms with Crippen molar-refractivity contribution in [1.29, 1.82) is 0 Å². The van der Waals surface area contributed by atoms with Crippen LogP contribution >= 0.6 is 22.9 Å². The van der Waals surface area contributed by atoms with E-state index in [1.54, 1.807) is 4.90 Å². The maximum atomic E-state index is 13.5. The Morgan fingerprint density at radius 1 is 1.20 bits per heavy atom. The molecule has 0 unspecified atom stereocenters. The third-order valence-corrected chi connectivity index (χ3v) is 6.87. The molecule has 0 radical (unpaired) electrons. The van der Waals surface area contributed by atoms with E-state index in [1.165, 1.54) is 11.3 Å². The predicted molar refractivity (Wildman–Crippen MR) is 126 cm³/mol. The largest absolute Gasteiger partial charge is 0.302 e. The molecule has 0 atom stereocenters. The summed E-state index contributed by atoms with van der Waals surface area (Å²) in [7, 11) is 0. The number of hydrogen-bond donors (Lipinski definition) is 0. The molecule has 6 nitrogen and oxygen atoms in total. The van der Waals surface area contributed by atoms with Crippen LogP contribution in [0.15, 0.2) is 18.2 Å². The summed E-state index contributed by atoms with van der Waals surface area (Å²) in [6.45, 7) is 15.6. The fourth-order valence-electron chi connectivity index (χ4n) is 3.52. The van der Waals surface area contributed by atoms with Crippen LogP contribution in [0, 0.1) is 13.8 Å². The van der Waals surface area contributed by atoms with Gasteiger partial charge in [0.25, 0.3) is 5.91 Å². The quantitative estimate of drug-likeness (QED) is 0.468. The van der Waals surface area contributed by atoms with Crippen molar-refractivity contribution in [3.63, 3.8) is 0 Å². The monoisotopic (exact) mass is 447 g/mol. The van der Waals surface area contributed by atoms with Gasteiger partial charge in [-0.15, -0.1) is 0 Å². The van der Waals surface area contributed by atoms with Crippen LogP contribution in [0.2, 0.25) is 5.02 Å². The standard InChI is InChI=1S/C22H30ClN5OS/c1-7-26(8-2)11-12-27(21(29)18-13-16(6)28(25-18)14(3)4)22-24-19-15(5)9-10-17(23)20(19)30-22/h9-10,13-14H,7-8,11-12H2,1-6H3. The molecule has 8 heteroatoms. The number of halogens is 1. The number of thiazole rings is 1. The summed E-state index contributed by atoms with van der Waals surface area (Å²) in [4.78, 5) is 22.4. The lowest BCUT2D eigenvalue weighted by Gasteiger charge is -2.24. The first-order valence-electron chi connectivity index (χ1n) is 10.4. The predicted octanol–water partition coefficient (Wildman–Crippen LogP) is 5.33. The van der Waals surface area contributed by atoms with Gasteiger partial charge in [-0.1, -0.05) is 42.9 Å². The van der Waals surface area contributed by atoms with E-state index in [9.17, 15) is 4.79 Å². The number of carbonyl (C=O) groups excluding carboxylic acids is 1. The van der Waals surface area contributed by atoms with Crippen molar-refractivity contribution in [3.8, 4) is 0 Å². The van der Waals surface area contributed by atoms with Crippen molar-refractivity contribution in [3.05, 3.63) is 40.2 Å². The van der Waals surface area contributed by atoms with Gasteiger partial charge in [-0.3, -0.25) is 14.4 Å². The van der Waals surface area contributed by atoms with Crippen LogP contribution in [0.1, 0.15) is 55.5 Å². The number of rotatable bonds is 8. The summed E-state index contributed by atoms with van der Waals surface area (Å²) < 4.78 is 2.80. The molecule has 0 aliphatic rings. The molecule has 1 amide bonds. The summed E-state index contributed by atoms with van der Waals surface area (Å²) in [6.07, 6.45) is 0. The van der Waals surface area contributed by atoms with E-state index in [0.29, 0.717) is 22.4 Å². The van der Waals surface area contributed by atoms with Crippen LogP contribution in [0.3, 0.4) is 0 Å². The Morgan fingerprint density at radius 3 is 2.47 bits per heavy atom. The number of amides is 1. The molecule has 0 fully saturated rings. The molecule has 162 valence electrons. The van der Waals surface area contributed by atoms with Gasteiger partial charge < -0.3 is 4.90 Å². The van der Waals surface area contributed by atoms with Gasteiger partial charge in [-0.2, -0.15) is 5.10 Å². The van der Waals surface area contributed by atoms with E-state index in [4.69, 9.17) is 16.6 Å². The molecule has 2 heterocycles. The van der Waals surface area contributed by atoms with Gasteiger partial charge in [0, 0.05) is 24.8 Å². The van der Waals surface area contributed by atoms with Crippen molar-refractivity contribution in [1.82, 2.24) is 19.7 Å². The van der Waals surface area contributed by atoms with Crippen molar-refractivity contribution >= 4 is 44.2 Å². The van der Waals surface area contributed by atoms with Crippen LogP contribution in [-0.2, 0) is 0 Å². The first-order chi connectivity index (χ1) is 14.3. The Hall–Kier alpha value is -1.96. The van der Waals surface area contributed by atoms with Gasteiger partial charge in [-0.25, -0.2) is 4.98 Å². The molecule has 0 aliphatic heterocycles. The number of fused-ring (bicyclic) bond motifs is 1. The minimum atomic E-state index is -0.127. The number of carbonyl (C=O) groups is 1. The number of anilines is 1. The minimum absolute atomic E-state index is 0.127. The summed E-state index contributed by atoms with van der Waals surface area (Å²) in [5, 5.41) is 5.90. The SMILES string of the molecule is CCN(CC)CCN(C(=O)c1cc(C)n(C(C)C)n1)c1nc2c(C)ccc(Cl)c2s1. The van der Waals surface area contributed by atoms with Crippen molar-refractivity contribution < 1.29 is 4.79 Å². The van der Waals surface area contributed by atoms with Crippen LogP contribution in [-0.4, -0.2) is 51.8 Å². The number of aromatic nitrogens is 3. The lowest BCUT2D eigenvalue weighted by Crippen LogP contribution is -2.39. The lowest BCUT2D eigenvalue weighted by atomic mass is 10.2. The Balaban J connectivity index is 2.02. The molecule has 2 aromatic heterocycles. The highest BCUT2D eigenvalue weighted by Crippen LogP contribution is 2.36. The molecule has 30 heavy (non-hydrogen) atoms. The smallest absolute Gasteiger partial charge is 0.280 e. The van der Waals surface area contributed by atoms with Crippen LogP contribution in [0.25, 0.3) is 10.2 Å². The zero-order chi connectivity index (χ0) is 22.0. The van der Waals surface area contributed by atoms with E-state index in [-0.39, 0.29) is 11.9 Å². The number of nitrogens with zero attached hydrogens (tertiary/aromatic N) is 5. The Bertz CT molecular complexity index is 999. The average molecular weight is 448 g/mol. The molecule has 1 aromatic carbocycles. The van der Waals surface area contributed by atoms with Crippen LogP contribution in [0.5, 0.6) is 0 Å². The summed E-state index contributed by atoms with van der Waals surface area (Å²) in [5.41, 5.74) is 3.32. The number of aryl methyl sites for hydroxylation is 2. The van der Waals surface area contributed by atoms with Gasteiger partial charge in [0.2, 0.25) is 0 Å². The summed E-state index contributed by atoms with van der Waals surface area (Å²) in [5.74, 6) is -0.127. The number of likely N-dealkylation sites (N-methyl/N-ethyl adjacent to an activating group) is 1. The average Bonchev–Trinajstić information content (AvgIpc) is 3.33. The van der Waals surface area contributed by atoms with Gasteiger partial charge in [-0.05, 0) is 58.5 Å². The minimum Gasteiger partial charge on any atom is -0.302 e. The van der Waals surface area contributed by atoms with Gasteiger partial charge in [0.1, 0.15) is 0 Å². The molecule has 0 bridgehead atoms. The lowest BCUT2D eigenvalue weighted by molar-refractivity contribution is 0.0978. The molecule has 0 N–H and O–H groups in total. The third kappa shape index (κ3) is 4.53. The molecular formula is C22H30ClN5OS. The first kappa shape index (κ1) is 22.7. The maximum absolute atomic E-state index is 13.5. The molecular weight excluding hydrogens is 418 g/mol. The molecule has 0 saturated heterocycles. The third-order valence-electron chi connectivity index (χ3n) is 5.33. The Morgan fingerprint density at radius 2 is 1.90 bits per heavy atom. The number of hydrogen-bond acceptors (Lipinski definition) is 5. The van der Waals surface area contributed by atoms with E-state index in [0.717, 1.165) is 41.1 Å². The van der Waals surface area contributed by atoms with E-state index >= 15 is 0 Å². The molecule has 3 aromatic rings. The zero-order valence-corrected chi connectivity index (χ0v) is 20.1. The Labute approximate surface area is 187 Å². The summed E-state index contributed by atoms with van der Waals surface area (Å²) >= 11 is 7.88.